The maximum atomic E-state index is 4.01. The van der Waals surface area contributed by atoms with Gasteiger partial charge in [0.05, 0.1) is 11.9 Å². The third-order valence-electron chi connectivity index (χ3n) is 1.76. The van der Waals surface area contributed by atoms with Gasteiger partial charge in [-0.1, -0.05) is 18.9 Å². The number of nitrogens with zero attached hydrogens (tertiary/aromatic N) is 1. The van der Waals surface area contributed by atoms with Gasteiger partial charge in [-0.15, -0.1) is 0 Å². The fourth-order valence-corrected chi connectivity index (χ4v) is 1.03. The molecule has 0 radical (unpaired) electrons. The summed E-state index contributed by atoms with van der Waals surface area (Å²) in [5.41, 5.74) is 4.00. The summed E-state index contributed by atoms with van der Waals surface area (Å²) >= 11 is 0. The van der Waals surface area contributed by atoms with E-state index < -0.39 is 0 Å². The molecule has 0 saturated heterocycles. The van der Waals surface area contributed by atoms with Gasteiger partial charge < -0.3 is 0 Å². The van der Waals surface area contributed by atoms with E-state index in [-0.39, 0.29) is 0 Å². The van der Waals surface area contributed by atoms with E-state index in [2.05, 4.69) is 31.8 Å². The van der Waals surface area contributed by atoms with Crippen LogP contribution in [-0.2, 0) is 0 Å². The lowest BCUT2D eigenvalue weighted by molar-refractivity contribution is 0.912. The largest absolute Gasteiger partial charge is 0.253 e. The van der Waals surface area contributed by atoms with Gasteiger partial charge in [0.1, 0.15) is 0 Å². The van der Waals surface area contributed by atoms with Crippen molar-refractivity contribution in [2.75, 3.05) is 0 Å². The van der Waals surface area contributed by atoms with E-state index in [1.54, 1.807) is 0 Å². The Kier molecular flexibility index (Phi) is 2.64. The van der Waals surface area contributed by atoms with Gasteiger partial charge in [-0.2, -0.15) is 0 Å². The van der Waals surface area contributed by atoms with Crippen LogP contribution in [0.3, 0.4) is 0 Å². The van der Waals surface area contributed by atoms with Crippen molar-refractivity contribution in [2.24, 2.45) is 4.99 Å². The van der Waals surface area contributed by atoms with Crippen LogP contribution in [0.5, 0.6) is 0 Å². The van der Waals surface area contributed by atoms with E-state index in [4.69, 9.17) is 0 Å². The minimum absolute atomic E-state index is 1.15. The van der Waals surface area contributed by atoms with Gasteiger partial charge in [0.2, 0.25) is 0 Å². The summed E-state index contributed by atoms with van der Waals surface area (Å²) in [6.07, 6.45) is 6.47. The fourth-order valence-electron chi connectivity index (χ4n) is 1.03. The van der Waals surface area contributed by atoms with Crippen LogP contribution in [0.4, 0.5) is 0 Å². The Balaban J connectivity index is 2.60. The molecule has 11 heavy (non-hydrogen) atoms. The summed E-state index contributed by atoms with van der Waals surface area (Å²) < 4.78 is 0. The van der Waals surface area contributed by atoms with E-state index >= 15 is 0 Å². The molecule has 1 heterocycles. The first-order valence-corrected chi connectivity index (χ1v) is 4.16. The van der Waals surface area contributed by atoms with Crippen molar-refractivity contribution in [1.82, 2.24) is 0 Å². The summed E-state index contributed by atoms with van der Waals surface area (Å²) in [6, 6.07) is 0. The number of hydrogen-bond donors (Lipinski definition) is 0. The van der Waals surface area contributed by atoms with E-state index in [9.17, 15) is 0 Å². The fraction of sp³-hybridized carbons (Fsp3) is 0.500. The molecule has 1 nitrogen and oxygen atoms in total. The molecule has 0 bridgehead atoms. The Labute approximate surface area is 68.5 Å². The first-order chi connectivity index (χ1) is 5.24. The standard InChI is InChI=1S/C10H15N/c1-4-5-9(8(2)3)6-10-7-11-10/h6-7H,4-5H2,1-3H3/b10-6+. The number of allylic oxidation sites excluding steroid dienone is 4. The summed E-state index contributed by atoms with van der Waals surface area (Å²) in [7, 11) is 0. The summed E-state index contributed by atoms with van der Waals surface area (Å²) in [5.74, 6) is 0. The molecule has 1 aliphatic heterocycles. The molecule has 1 heteroatoms. The minimum atomic E-state index is 1.15. The highest BCUT2D eigenvalue weighted by atomic mass is 14.9. The van der Waals surface area contributed by atoms with Crippen LogP contribution in [0.1, 0.15) is 33.6 Å². The second-order valence-electron chi connectivity index (χ2n) is 3.10. The molecule has 0 aromatic heterocycles. The smallest absolute Gasteiger partial charge is 0.0816 e. The van der Waals surface area contributed by atoms with Crippen molar-refractivity contribution in [1.29, 1.82) is 0 Å². The molecular formula is C10H15N. The molecule has 0 unspecified atom stereocenters. The van der Waals surface area contributed by atoms with E-state index in [1.165, 1.54) is 24.0 Å². The Morgan fingerprint density at radius 2 is 2.18 bits per heavy atom. The molecule has 0 aromatic rings. The van der Waals surface area contributed by atoms with Crippen LogP contribution in [0, 0.1) is 0 Å². The highest BCUT2D eigenvalue weighted by Crippen LogP contribution is 2.17. The van der Waals surface area contributed by atoms with E-state index in [0.717, 1.165) is 5.70 Å². The quantitative estimate of drug-likeness (QED) is 0.584. The second-order valence-corrected chi connectivity index (χ2v) is 3.10. The monoisotopic (exact) mass is 149 g/mol. The molecule has 1 aliphatic rings. The lowest BCUT2D eigenvalue weighted by Gasteiger charge is -2.00. The predicted octanol–water partition coefficient (Wildman–Crippen LogP) is 3.09. The van der Waals surface area contributed by atoms with Crippen molar-refractivity contribution >= 4 is 6.21 Å². The van der Waals surface area contributed by atoms with Gasteiger partial charge in [-0.25, -0.2) is 0 Å². The zero-order chi connectivity index (χ0) is 8.27. The van der Waals surface area contributed by atoms with Crippen molar-refractivity contribution < 1.29 is 0 Å². The van der Waals surface area contributed by atoms with Crippen LogP contribution in [0.25, 0.3) is 0 Å². The Hall–Kier alpha value is -0.850. The van der Waals surface area contributed by atoms with Gasteiger partial charge >= 0.3 is 0 Å². The summed E-state index contributed by atoms with van der Waals surface area (Å²) in [6.45, 7) is 6.52. The highest BCUT2D eigenvalue weighted by Gasteiger charge is 2.03. The van der Waals surface area contributed by atoms with Crippen molar-refractivity contribution in [3.05, 3.63) is 22.9 Å². The number of rotatable bonds is 3. The molecule has 0 saturated carbocycles. The molecule has 0 amide bonds. The lowest BCUT2D eigenvalue weighted by atomic mass is 10.1. The molecule has 0 aromatic carbocycles. The average molecular weight is 149 g/mol. The van der Waals surface area contributed by atoms with Gasteiger partial charge in [0.25, 0.3) is 0 Å². The van der Waals surface area contributed by atoms with Crippen LogP contribution >= 0.6 is 0 Å². The lowest BCUT2D eigenvalue weighted by Crippen LogP contribution is -1.81. The molecule has 60 valence electrons. The second kappa shape index (κ2) is 3.51. The molecule has 0 N–H and O–H groups in total. The normalized spacial score (nSPS) is 17.2. The van der Waals surface area contributed by atoms with Crippen molar-refractivity contribution in [2.45, 2.75) is 33.6 Å². The third-order valence-corrected chi connectivity index (χ3v) is 1.76. The van der Waals surface area contributed by atoms with Crippen LogP contribution in [0.15, 0.2) is 27.9 Å². The van der Waals surface area contributed by atoms with E-state index in [1.807, 2.05) is 6.21 Å². The van der Waals surface area contributed by atoms with Crippen LogP contribution in [-0.4, -0.2) is 6.21 Å². The average Bonchev–Trinajstić information content (AvgIpc) is 2.70. The maximum absolute atomic E-state index is 4.01. The molecule has 0 aliphatic carbocycles. The molecule has 0 fully saturated rings. The SMILES string of the molecule is CCCC(/C=C1C=N\1)=C(C)C. The van der Waals surface area contributed by atoms with Gasteiger partial charge in [0.15, 0.2) is 0 Å². The van der Waals surface area contributed by atoms with Gasteiger partial charge in [-0.05, 0) is 31.9 Å². The first-order valence-electron chi connectivity index (χ1n) is 4.16. The van der Waals surface area contributed by atoms with E-state index in [0.29, 0.717) is 0 Å². The molecule has 1 rings (SSSR count). The Morgan fingerprint density at radius 1 is 1.55 bits per heavy atom. The molecule has 0 atom stereocenters. The summed E-state index contributed by atoms with van der Waals surface area (Å²) in [4.78, 5) is 4.01. The Bertz CT molecular complexity index is 219. The third kappa shape index (κ3) is 2.71. The van der Waals surface area contributed by atoms with Crippen LogP contribution in [0.2, 0.25) is 0 Å². The van der Waals surface area contributed by atoms with Crippen molar-refractivity contribution in [3.63, 3.8) is 0 Å². The maximum Gasteiger partial charge on any atom is 0.0816 e. The number of aliphatic imine (C=N–C) groups is 1. The molecular weight excluding hydrogens is 134 g/mol. The van der Waals surface area contributed by atoms with Gasteiger partial charge in [-0.3, -0.25) is 4.99 Å². The zero-order valence-corrected chi connectivity index (χ0v) is 7.52. The van der Waals surface area contributed by atoms with Crippen molar-refractivity contribution in [3.8, 4) is 0 Å². The first kappa shape index (κ1) is 8.25. The highest BCUT2D eigenvalue weighted by molar-refractivity contribution is 5.93. The zero-order valence-electron chi connectivity index (χ0n) is 7.52. The molecule has 0 spiro atoms. The van der Waals surface area contributed by atoms with Gasteiger partial charge in [0, 0.05) is 0 Å². The summed E-state index contributed by atoms with van der Waals surface area (Å²) in [5, 5.41) is 0. The topological polar surface area (TPSA) is 12.4 Å². The van der Waals surface area contributed by atoms with Crippen LogP contribution < -0.4 is 0 Å². The Morgan fingerprint density at radius 3 is 2.55 bits per heavy atom. The minimum Gasteiger partial charge on any atom is -0.253 e. The number of hydrogen-bond acceptors (Lipinski definition) is 1. The predicted molar refractivity (Wildman–Crippen MR) is 49.9 cm³/mol.